The number of nitrogens with two attached hydrogens (primary N) is 1. The zero-order chi connectivity index (χ0) is 13.1. The summed E-state index contributed by atoms with van der Waals surface area (Å²) in [7, 11) is 1.59. The molecular formula is C14H12BrNO2. The van der Waals surface area contributed by atoms with Gasteiger partial charge >= 0.3 is 0 Å². The molecule has 0 aromatic heterocycles. The predicted octanol–water partition coefficient (Wildman–Crippen LogP) is 3.27. The van der Waals surface area contributed by atoms with E-state index in [9.17, 15) is 4.79 Å². The Balaban J connectivity index is 2.38. The van der Waals surface area contributed by atoms with Gasteiger partial charge in [-0.1, -0.05) is 15.9 Å². The molecule has 2 N–H and O–H groups in total. The predicted molar refractivity (Wildman–Crippen MR) is 75.0 cm³/mol. The maximum absolute atomic E-state index is 12.3. The van der Waals surface area contributed by atoms with Crippen molar-refractivity contribution in [2.24, 2.45) is 0 Å². The molecule has 4 heteroatoms. The molecule has 0 amide bonds. The number of anilines is 1. The molecule has 0 bridgehead atoms. The molecule has 0 heterocycles. The number of carbonyl (C=O) groups is 1. The van der Waals surface area contributed by atoms with Crippen molar-refractivity contribution in [3.63, 3.8) is 0 Å². The highest BCUT2D eigenvalue weighted by atomic mass is 79.9. The van der Waals surface area contributed by atoms with Crippen LogP contribution in [-0.4, -0.2) is 12.9 Å². The lowest BCUT2D eigenvalue weighted by Gasteiger charge is -2.06. The fraction of sp³-hybridized carbons (Fsp3) is 0.0714. The highest BCUT2D eigenvalue weighted by Crippen LogP contribution is 2.22. The number of hydrogen-bond donors (Lipinski definition) is 1. The van der Waals surface area contributed by atoms with Crippen molar-refractivity contribution >= 4 is 27.4 Å². The van der Waals surface area contributed by atoms with Gasteiger partial charge in [0.1, 0.15) is 5.75 Å². The van der Waals surface area contributed by atoms with Crippen LogP contribution in [0.4, 0.5) is 5.69 Å². The first kappa shape index (κ1) is 12.6. The number of benzene rings is 2. The number of rotatable bonds is 3. The lowest BCUT2D eigenvalue weighted by atomic mass is 10.0. The third-order valence-corrected chi connectivity index (χ3v) is 3.11. The van der Waals surface area contributed by atoms with E-state index in [4.69, 9.17) is 10.5 Å². The van der Waals surface area contributed by atoms with Crippen molar-refractivity contribution in [3.05, 3.63) is 58.1 Å². The van der Waals surface area contributed by atoms with Gasteiger partial charge in [-0.2, -0.15) is 0 Å². The number of methoxy groups -OCH3 is 1. The molecule has 2 rings (SSSR count). The van der Waals surface area contributed by atoms with Crippen molar-refractivity contribution in [2.75, 3.05) is 12.8 Å². The Labute approximate surface area is 114 Å². The zero-order valence-corrected chi connectivity index (χ0v) is 11.4. The lowest BCUT2D eigenvalue weighted by Crippen LogP contribution is -2.05. The molecule has 0 fully saturated rings. The number of carbonyl (C=O) groups excluding carboxylic acids is 1. The summed E-state index contributed by atoms with van der Waals surface area (Å²) in [5.74, 6) is 0.616. The second kappa shape index (κ2) is 5.23. The lowest BCUT2D eigenvalue weighted by molar-refractivity contribution is 0.103. The minimum Gasteiger partial charge on any atom is -0.497 e. The molecule has 2 aromatic carbocycles. The van der Waals surface area contributed by atoms with Crippen LogP contribution in [0, 0.1) is 0 Å². The van der Waals surface area contributed by atoms with Crippen LogP contribution in [0.15, 0.2) is 46.9 Å². The molecule has 0 aliphatic carbocycles. The fourth-order valence-electron chi connectivity index (χ4n) is 1.62. The summed E-state index contributed by atoms with van der Waals surface area (Å²) < 4.78 is 5.88. The van der Waals surface area contributed by atoms with E-state index in [2.05, 4.69) is 15.9 Å². The molecule has 0 radical (unpaired) electrons. The molecule has 18 heavy (non-hydrogen) atoms. The van der Waals surface area contributed by atoms with Crippen LogP contribution in [0.2, 0.25) is 0 Å². The van der Waals surface area contributed by atoms with E-state index in [-0.39, 0.29) is 5.78 Å². The quantitative estimate of drug-likeness (QED) is 0.699. The van der Waals surface area contributed by atoms with E-state index in [1.165, 1.54) is 0 Å². The molecule has 92 valence electrons. The van der Waals surface area contributed by atoms with Gasteiger partial charge in [-0.05, 0) is 42.5 Å². The van der Waals surface area contributed by atoms with E-state index in [0.29, 0.717) is 22.6 Å². The number of ether oxygens (including phenoxy) is 1. The minimum atomic E-state index is -0.101. The summed E-state index contributed by atoms with van der Waals surface area (Å²) in [6.45, 7) is 0. The van der Waals surface area contributed by atoms with E-state index < -0.39 is 0 Å². The molecule has 2 aromatic rings. The monoisotopic (exact) mass is 305 g/mol. The number of hydrogen-bond acceptors (Lipinski definition) is 3. The summed E-state index contributed by atoms with van der Waals surface area (Å²) >= 11 is 3.33. The summed E-state index contributed by atoms with van der Waals surface area (Å²) in [5, 5.41) is 0. The second-order valence-corrected chi connectivity index (χ2v) is 4.70. The summed E-state index contributed by atoms with van der Waals surface area (Å²) in [4.78, 5) is 12.3. The normalized spacial score (nSPS) is 10.1. The Hall–Kier alpha value is -1.81. The topological polar surface area (TPSA) is 52.3 Å². The van der Waals surface area contributed by atoms with E-state index in [0.717, 1.165) is 4.47 Å². The van der Waals surface area contributed by atoms with Gasteiger partial charge in [-0.25, -0.2) is 0 Å². The average molecular weight is 306 g/mol. The van der Waals surface area contributed by atoms with Crippen LogP contribution in [0.1, 0.15) is 15.9 Å². The van der Waals surface area contributed by atoms with E-state index in [1.807, 2.05) is 0 Å². The molecular weight excluding hydrogens is 294 g/mol. The van der Waals surface area contributed by atoms with Gasteiger partial charge in [0.15, 0.2) is 5.78 Å². The van der Waals surface area contributed by atoms with Crippen LogP contribution >= 0.6 is 15.9 Å². The minimum absolute atomic E-state index is 0.101. The average Bonchev–Trinajstić information content (AvgIpc) is 2.41. The number of halogens is 1. The first-order chi connectivity index (χ1) is 8.61. The van der Waals surface area contributed by atoms with Crippen LogP contribution in [0.25, 0.3) is 0 Å². The van der Waals surface area contributed by atoms with Crippen molar-refractivity contribution < 1.29 is 9.53 Å². The maximum atomic E-state index is 12.3. The molecule has 0 aliphatic heterocycles. The molecule has 0 unspecified atom stereocenters. The highest BCUT2D eigenvalue weighted by molar-refractivity contribution is 9.10. The maximum Gasteiger partial charge on any atom is 0.195 e. The Bertz CT molecular complexity index is 579. The molecule has 0 saturated carbocycles. The first-order valence-corrected chi connectivity index (χ1v) is 6.15. The summed E-state index contributed by atoms with van der Waals surface area (Å²) in [6.07, 6.45) is 0. The van der Waals surface area contributed by atoms with Gasteiger partial charge < -0.3 is 10.5 Å². The standard InChI is InChI=1S/C14H12BrNO2/c1-18-11-5-2-9(3-6-11)14(17)12-8-10(15)4-7-13(12)16/h2-8H,16H2,1H3. The second-order valence-electron chi connectivity index (χ2n) is 3.79. The molecule has 0 saturated heterocycles. The van der Waals surface area contributed by atoms with Crippen LogP contribution in [-0.2, 0) is 0 Å². The smallest absolute Gasteiger partial charge is 0.195 e. The fourth-order valence-corrected chi connectivity index (χ4v) is 1.98. The van der Waals surface area contributed by atoms with Gasteiger partial charge in [0.05, 0.1) is 7.11 Å². The van der Waals surface area contributed by atoms with Gasteiger partial charge in [0.25, 0.3) is 0 Å². The largest absolute Gasteiger partial charge is 0.497 e. The SMILES string of the molecule is COc1ccc(C(=O)c2cc(Br)ccc2N)cc1. The van der Waals surface area contributed by atoms with Gasteiger partial charge in [-0.3, -0.25) is 4.79 Å². The first-order valence-electron chi connectivity index (χ1n) is 5.35. The van der Waals surface area contributed by atoms with Crippen molar-refractivity contribution in [3.8, 4) is 5.75 Å². The van der Waals surface area contributed by atoms with Crippen molar-refractivity contribution in [1.82, 2.24) is 0 Å². The van der Waals surface area contributed by atoms with Gasteiger partial charge in [0.2, 0.25) is 0 Å². The molecule has 3 nitrogen and oxygen atoms in total. The molecule has 0 atom stereocenters. The van der Waals surface area contributed by atoms with Crippen molar-refractivity contribution in [2.45, 2.75) is 0 Å². The molecule has 0 spiro atoms. The Morgan fingerprint density at radius 2 is 1.83 bits per heavy atom. The van der Waals surface area contributed by atoms with Crippen LogP contribution < -0.4 is 10.5 Å². The van der Waals surface area contributed by atoms with E-state index >= 15 is 0 Å². The summed E-state index contributed by atoms with van der Waals surface area (Å²) in [5.41, 5.74) is 7.37. The third kappa shape index (κ3) is 2.54. The highest BCUT2D eigenvalue weighted by Gasteiger charge is 2.12. The Kier molecular flexibility index (Phi) is 3.67. The Morgan fingerprint density at radius 3 is 2.44 bits per heavy atom. The van der Waals surface area contributed by atoms with Crippen molar-refractivity contribution in [1.29, 1.82) is 0 Å². The van der Waals surface area contributed by atoms with Gasteiger partial charge in [-0.15, -0.1) is 0 Å². The third-order valence-electron chi connectivity index (χ3n) is 2.61. The van der Waals surface area contributed by atoms with E-state index in [1.54, 1.807) is 49.6 Å². The number of ketones is 1. The van der Waals surface area contributed by atoms with Crippen LogP contribution in [0.3, 0.4) is 0 Å². The van der Waals surface area contributed by atoms with Crippen LogP contribution in [0.5, 0.6) is 5.75 Å². The Morgan fingerprint density at radius 1 is 1.17 bits per heavy atom. The van der Waals surface area contributed by atoms with Gasteiger partial charge in [0, 0.05) is 21.3 Å². The summed E-state index contributed by atoms with van der Waals surface area (Å²) in [6, 6.07) is 12.2. The zero-order valence-electron chi connectivity index (χ0n) is 9.81. The number of nitrogen functional groups attached to an aromatic ring is 1. The molecule has 0 aliphatic rings.